The molecule has 0 atom stereocenters. The summed E-state index contributed by atoms with van der Waals surface area (Å²) in [5.41, 5.74) is 7.06. The Morgan fingerprint density at radius 2 is 1.90 bits per heavy atom. The van der Waals surface area contributed by atoms with Crippen molar-refractivity contribution >= 4 is 11.6 Å². The van der Waals surface area contributed by atoms with E-state index in [9.17, 15) is 0 Å². The molecule has 0 saturated heterocycles. The number of halogens is 1. The third-order valence-corrected chi connectivity index (χ3v) is 4.57. The lowest BCUT2D eigenvalue weighted by molar-refractivity contribution is 0.163. The Morgan fingerprint density at radius 1 is 1.20 bits per heavy atom. The number of nitrogens with two attached hydrogens (primary N) is 1. The third-order valence-electron chi connectivity index (χ3n) is 4.20. The van der Waals surface area contributed by atoms with Crippen LogP contribution in [0, 0.1) is 0 Å². The molecule has 0 amide bonds. The Bertz CT molecular complexity index is 512. The van der Waals surface area contributed by atoms with Crippen molar-refractivity contribution < 1.29 is 14.2 Å². The van der Waals surface area contributed by atoms with Crippen molar-refractivity contribution in [3.63, 3.8) is 0 Å². The van der Waals surface area contributed by atoms with E-state index in [4.69, 9.17) is 31.5 Å². The minimum Gasteiger partial charge on any atom is -0.495 e. The number of hydrogen-bond acceptors (Lipinski definition) is 4. The van der Waals surface area contributed by atoms with E-state index in [-0.39, 0.29) is 0 Å². The molecule has 1 heterocycles. The van der Waals surface area contributed by atoms with Crippen LogP contribution < -0.4 is 19.9 Å². The van der Waals surface area contributed by atoms with Gasteiger partial charge in [0.05, 0.1) is 12.1 Å². The molecule has 1 saturated carbocycles. The van der Waals surface area contributed by atoms with Gasteiger partial charge in [-0.2, -0.15) is 0 Å². The number of methoxy groups -OCH3 is 1. The molecule has 1 aliphatic carbocycles. The molecule has 3 rings (SSSR count). The number of ether oxygens (including phenoxy) is 3. The van der Waals surface area contributed by atoms with Gasteiger partial charge in [0.2, 0.25) is 0 Å². The van der Waals surface area contributed by atoms with Gasteiger partial charge in [-0.1, -0.05) is 30.9 Å². The summed E-state index contributed by atoms with van der Waals surface area (Å²) in [5.74, 6) is 1.98. The van der Waals surface area contributed by atoms with Crippen LogP contribution in [0.15, 0.2) is 6.07 Å². The maximum absolute atomic E-state index is 6.65. The minimum absolute atomic E-state index is 0.450. The van der Waals surface area contributed by atoms with Crippen LogP contribution in [0.4, 0.5) is 0 Å². The van der Waals surface area contributed by atoms with Crippen molar-refractivity contribution in [1.82, 2.24) is 0 Å². The van der Waals surface area contributed by atoms with E-state index >= 15 is 0 Å². The number of benzene rings is 1. The molecule has 2 N–H and O–H groups in total. The van der Waals surface area contributed by atoms with Crippen molar-refractivity contribution in [3.8, 4) is 17.2 Å². The number of fused-ring (bicyclic) bond motifs is 1. The molecule has 0 unspecified atom stereocenters. The molecule has 1 aromatic rings. The fraction of sp³-hybridized carbons (Fsp3) is 0.600. The predicted octanol–water partition coefficient (Wildman–Crippen LogP) is 3.24. The first kappa shape index (κ1) is 13.8. The summed E-state index contributed by atoms with van der Waals surface area (Å²) in [4.78, 5) is 0. The molecule has 1 fully saturated rings. The fourth-order valence-electron chi connectivity index (χ4n) is 3.17. The number of rotatable bonds is 2. The van der Waals surface area contributed by atoms with Crippen molar-refractivity contribution in [1.29, 1.82) is 0 Å². The van der Waals surface area contributed by atoms with Crippen LogP contribution in [0.2, 0.25) is 5.02 Å². The highest BCUT2D eigenvalue weighted by Crippen LogP contribution is 2.51. The van der Waals surface area contributed by atoms with Crippen LogP contribution in [0.3, 0.4) is 0 Å². The van der Waals surface area contributed by atoms with Crippen molar-refractivity contribution in [2.75, 3.05) is 20.3 Å². The fourth-order valence-corrected chi connectivity index (χ4v) is 3.57. The maximum atomic E-state index is 6.65. The third kappa shape index (κ3) is 2.21. The average Bonchev–Trinajstić information content (AvgIpc) is 2.47. The molecule has 1 aromatic carbocycles. The van der Waals surface area contributed by atoms with Crippen molar-refractivity contribution in [2.24, 2.45) is 5.73 Å². The highest BCUT2D eigenvalue weighted by atomic mass is 35.5. The Hall–Kier alpha value is -1.13. The second-order valence-corrected chi connectivity index (χ2v) is 5.89. The van der Waals surface area contributed by atoms with Crippen molar-refractivity contribution in [2.45, 2.75) is 37.6 Å². The van der Waals surface area contributed by atoms with Gasteiger partial charge in [-0.05, 0) is 12.8 Å². The van der Waals surface area contributed by atoms with Gasteiger partial charge in [-0.15, -0.1) is 0 Å². The SMILES string of the molecule is COc1cc2c(c(C3(N)CCCCC3)c1Cl)OCCO2. The zero-order chi connectivity index (χ0) is 14.2. The first-order valence-electron chi connectivity index (χ1n) is 7.11. The lowest BCUT2D eigenvalue weighted by atomic mass is 9.77. The highest BCUT2D eigenvalue weighted by molar-refractivity contribution is 6.33. The van der Waals surface area contributed by atoms with E-state index in [1.54, 1.807) is 13.2 Å². The van der Waals surface area contributed by atoms with E-state index in [2.05, 4.69) is 0 Å². The molecule has 0 aromatic heterocycles. The van der Waals surface area contributed by atoms with E-state index in [1.807, 2.05) is 0 Å². The second-order valence-electron chi connectivity index (χ2n) is 5.51. The summed E-state index contributed by atoms with van der Waals surface area (Å²) in [6, 6.07) is 1.78. The normalized spacial score (nSPS) is 20.6. The summed E-state index contributed by atoms with van der Waals surface area (Å²) in [7, 11) is 1.60. The van der Waals surface area contributed by atoms with Crippen molar-refractivity contribution in [3.05, 3.63) is 16.7 Å². The molecule has 2 aliphatic rings. The van der Waals surface area contributed by atoms with Crippen LogP contribution >= 0.6 is 11.6 Å². The van der Waals surface area contributed by atoms with Gasteiger partial charge < -0.3 is 19.9 Å². The Labute approximate surface area is 124 Å². The van der Waals surface area contributed by atoms with Gasteiger partial charge in [0.15, 0.2) is 11.5 Å². The zero-order valence-corrected chi connectivity index (χ0v) is 12.5. The topological polar surface area (TPSA) is 53.7 Å². The largest absolute Gasteiger partial charge is 0.495 e. The van der Waals surface area contributed by atoms with E-state index in [1.165, 1.54) is 6.42 Å². The van der Waals surface area contributed by atoms with E-state index in [0.29, 0.717) is 35.5 Å². The molecule has 5 heteroatoms. The summed E-state index contributed by atoms with van der Waals surface area (Å²) in [6.45, 7) is 1.06. The quantitative estimate of drug-likeness (QED) is 0.910. The van der Waals surface area contributed by atoms with E-state index < -0.39 is 5.54 Å². The van der Waals surface area contributed by atoms with Gasteiger partial charge in [0.25, 0.3) is 0 Å². The summed E-state index contributed by atoms with van der Waals surface area (Å²) < 4.78 is 16.9. The molecule has 0 radical (unpaired) electrons. The molecule has 20 heavy (non-hydrogen) atoms. The Kier molecular flexibility index (Phi) is 3.69. The van der Waals surface area contributed by atoms with Gasteiger partial charge in [0, 0.05) is 17.2 Å². The molecular weight excluding hydrogens is 278 g/mol. The standard InChI is InChI=1S/C15H20ClNO3/c1-18-10-9-11-14(20-8-7-19-11)12(13(10)16)15(17)5-3-2-4-6-15/h9H,2-8,17H2,1H3. The van der Waals surface area contributed by atoms with Crippen LogP contribution in [0.25, 0.3) is 0 Å². The van der Waals surface area contributed by atoms with Crippen LogP contribution in [-0.4, -0.2) is 20.3 Å². The summed E-state index contributed by atoms with van der Waals surface area (Å²) >= 11 is 6.53. The first-order chi connectivity index (χ1) is 9.65. The first-order valence-corrected chi connectivity index (χ1v) is 7.49. The zero-order valence-electron chi connectivity index (χ0n) is 11.7. The Morgan fingerprint density at radius 3 is 2.60 bits per heavy atom. The van der Waals surface area contributed by atoms with Crippen LogP contribution in [0.5, 0.6) is 17.2 Å². The lowest BCUT2D eigenvalue weighted by Crippen LogP contribution is -2.40. The summed E-state index contributed by atoms with van der Waals surface area (Å²) in [6.07, 6.45) is 5.27. The van der Waals surface area contributed by atoms with Crippen LogP contribution in [0.1, 0.15) is 37.7 Å². The molecule has 0 bridgehead atoms. The van der Waals surface area contributed by atoms with Gasteiger partial charge in [-0.3, -0.25) is 0 Å². The molecule has 1 aliphatic heterocycles. The average molecular weight is 298 g/mol. The number of hydrogen-bond donors (Lipinski definition) is 1. The second kappa shape index (κ2) is 5.34. The van der Waals surface area contributed by atoms with Gasteiger partial charge >= 0.3 is 0 Å². The summed E-state index contributed by atoms with van der Waals surface area (Å²) in [5, 5.41) is 0.557. The molecule has 110 valence electrons. The minimum atomic E-state index is -0.450. The lowest BCUT2D eigenvalue weighted by Gasteiger charge is -2.37. The molecule has 0 spiro atoms. The molecular formula is C15H20ClNO3. The predicted molar refractivity (Wildman–Crippen MR) is 77.9 cm³/mol. The van der Waals surface area contributed by atoms with Crippen LogP contribution in [-0.2, 0) is 5.54 Å². The smallest absolute Gasteiger partial charge is 0.168 e. The maximum Gasteiger partial charge on any atom is 0.168 e. The monoisotopic (exact) mass is 297 g/mol. The highest BCUT2D eigenvalue weighted by Gasteiger charge is 2.38. The Balaban J connectivity index is 2.16. The van der Waals surface area contributed by atoms with Gasteiger partial charge in [0.1, 0.15) is 19.0 Å². The van der Waals surface area contributed by atoms with E-state index in [0.717, 1.165) is 31.2 Å². The molecule has 4 nitrogen and oxygen atoms in total. The van der Waals surface area contributed by atoms with Gasteiger partial charge in [-0.25, -0.2) is 0 Å².